The van der Waals surface area contributed by atoms with Crippen LogP contribution in [0.3, 0.4) is 0 Å². The molecule has 0 saturated carbocycles. The number of nitrogens with zero attached hydrogens (tertiary/aromatic N) is 1. The summed E-state index contributed by atoms with van der Waals surface area (Å²) in [6, 6.07) is 4.77. The van der Waals surface area contributed by atoms with Crippen LogP contribution in [0.5, 0.6) is 5.75 Å². The predicted molar refractivity (Wildman–Crippen MR) is 89.1 cm³/mol. The van der Waals surface area contributed by atoms with Crippen LogP contribution in [0.25, 0.3) is 0 Å². The highest BCUT2D eigenvalue weighted by molar-refractivity contribution is 9.10. The Morgan fingerprint density at radius 3 is 2.43 bits per heavy atom. The fourth-order valence-electron chi connectivity index (χ4n) is 1.67. The zero-order chi connectivity index (χ0) is 15.9. The molecular weight excluding hydrogens is 354 g/mol. The van der Waals surface area contributed by atoms with E-state index in [0.29, 0.717) is 12.4 Å². The Hall–Kier alpha value is -1.11. The first-order valence-electron chi connectivity index (χ1n) is 6.61. The van der Waals surface area contributed by atoms with Gasteiger partial charge >= 0.3 is 0 Å². The van der Waals surface area contributed by atoms with Gasteiger partial charge in [0.05, 0.1) is 16.0 Å². The molecule has 0 bridgehead atoms. The van der Waals surface area contributed by atoms with Crippen LogP contribution in [0, 0.1) is 0 Å². The third-order valence-electron chi connectivity index (χ3n) is 2.67. The van der Waals surface area contributed by atoms with E-state index in [1.807, 2.05) is 6.92 Å². The summed E-state index contributed by atoms with van der Waals surface area (Å²) in [6.45, 7) is 10.2. The summed E-state index contributed by atoms with van der Waals surface area (Å²) in [4.78, 5) is 0.195. The van der Waals surface area contributed by atoms with E-state index in [2.05, 4.69) is 29.1 Å². The maximum absolute atomic E-state index is 12.6. The van der Waals surface area contributed by atoms with E-state index in [0.717, 1.165) is 10.9 Å². The Morgan fingerprint density at radius 1 is 1.29 bits per heavy atom. The van der Waals surface area contributed by atoms with Gasteiger partial charge in [-0.1, -0.05) is 19.1 Å². The molecule has 0 atom stereocenters. The van der Waals surface area contributed by atoms with Gasteiger partial charge in [0.15, 0.2) is 0 Å². The number of ether oxygens (including phenoxy) is 1. The molecule has 21 heavy (non-hydrogen) atoms. The molecule has 6 heteroatoms. The molecule has 0 amide bonds. The monoisotopic (exact) mass is 373 g/mol. The van der Waals surface area contributed by atoms with Crippen LogP contribution in [0.4, 0.5) is 0 Å². The number of halogens is 1. The highest BCUT2D eigenvalue weighted by Crippen LogP contribution is 2.29. The summed E-state index contributed by atoms with van der Waals surface area (Å²) in [7, 11) is -3.60. The van der Waals surface area contributed by atoms with Gasteiger partial charge in [-0.2, -0.15) is 4.31 Å². The minimum Gasteiger partial charge on any atom is -0.492 e. The third kappa shape index (κ3) is 4.69. The van der Waals surface area contributed by atoms with E-state index in [1.54, 1.807) is 24.3 Å². The fraction of sp³-hybridized carbons (Fsp3) is 0.333. The van der Waals surface area contributed by atoms with Crippen molar-refractivity contribution in [2.24, 2.45) is 0 Å². The number of rotatable bonds is 9. The summed E-state index contributed by atoms with van der Waals surface area (Å²) < 4.78 is 32.8. The first kappa shape index (κ1) is 17.9. The molecule has 0 unspecified atom stereocenters. The number of hydrogen-bond donors (Lipinski definition) is 0. The lowest BCUT2D eigenvalue weighted by molar-refractivity contribution is 0.314. The van der Waals surface area contributed by atoms with Crippen molar-refractivity contribution < 1.29 is 13.2 Å². The van der Waals surface area contributed by atoms with Crippen LogP contribution in [0.1, 0.15) is 13.3 Å². The quantitative estimate of drug-likeness (QED) is 0.621. The molecule has 0 aliphatic carbocycles. The standard InChI is InChI=1S/C15H20BrNO3S/c1-4-9-17(10-5-2)21(18,19)13-7-8-14(16)15(12-13)20-11-6-3/h4-5,7-8,12H,1-2,6,9-11H2,3H3. The molecule has 0 aliphatic heterocycles. The Morgan fingerprint density at radius 2 is 1.90 bits per heavy atom. The second-order valence-electron chi connectivity index (χ2n) is 4.34. The average molecular weight is 374 g/mol. The number of benzene rings is 1. The lowest BCUT2D eigenvalue weighted by atomic mass is 10.3. The van der Waals surface area contributed by atoms with Gasteiger partial charge < -0.3 is 4.74 Å². The van der Waals surface area contributed by atoms with Crippen LogP contribution in [-0.2, 0) is 10.0 Å². The van der Waals surface area contributed by atoms with Gasteiger partial charge in [0.1, 0.15) is 5.75 Å². The van der Waals surface area contributed by atoms with Gasteiger partial charge in [0, 0.05) is 19.2 Å². The molecule has 0 fully saturated rings. The number of hydrogen-bond acceptors (Lipinski definition) is 3. The van der Waals surface area contributed by atoms with Crippen molar-refractivity contribution in [2.75, 3.05) is 19.7 Å². The molecule has 0 radical (unpaired) electrons. The lowest BCUT2D eigenvalue weighted by Crippen LogP contribution is -2.31. The molecule has 0 aliphatic rings. The molecule has 116 valence electrons. The summed E-state index contributed by atoms with van der Waals surface area (Å²) >= 11 is 3.36. The second kappa shape index (κ2) is 8.36. The summed E-state index contributed by atoms with van der Waals surface area (Å²) in [6.07, 6.45) is 3.95. The second-order valence-corrected chi connectivity index (χ2v) is 7.13. The molecule has 1 rings (SSSR count). The zero-order valence-corrected chi connectivity index (χ0v) is 14.5. The van der Waals surface area contributed by atoms with Crippen LogP contribution in [0.2, 0.25) is 0 Å². The lowest BCUT2D eigenvalue weighted by Gasteiger charge is -2.19. The zero-order valence-electron chi connectivity index (χ0n) is 12.1. The van der Waals surface area contributed by atoms with Crippen molar-refractivity contribution in [3.05, 3.63) is 48.0 Å². The van der Waals surface area contributed by atoms with E-state index >= 15 is 0 Å². The topological polar surface area (TPSA) is 46.6 Å². The van der Waals surface area contributed by atoms with Crippen LogP contribution in [-0.4, -0.2) is 32.4 Å². The molecule has 1 aromatic carbocycles. The highest BCUT2D eigenvalue weighted by atomic mass is 79.9. The molecule has 0 N–H and O–H groups in total. The molecule has 0 aromatic heterocycles. The van der Waals surface area contributed by atoms with Gasteiger partial charge in [-0.3, -0.25) is 0 Å². The van der Waals surface area contributed by atoms with Gasteiger partial charge in [-0.05, 0) is 34.5 Å². The molecule has 0 saturated heterocycles. The van der Waals surface area contributed by atoms with Gasteiger partial charge in [0.2, 0.25) is 10.0 Å². The maximum Gasteiger partial charge on any atom is 0.243 e. The molecular formula is C15H20BrNO3S. The van der Waals surface area contributed by atoms with Gasteiger partial charge in [-0.15, -0.1) is 13.2 Å². The smallest absolute Gasteiger partial charge is 0.243 e. The van der Waals surface area contributed by atoms with Crippen LogP contribution < -0.4 is 4.74 Å². The van der Waals surface area contributed by atoms with Crippen LogP contribution >= 0.6 is 15.9 Å². The predicted octanol–water partition coefficient (Wildman–Crippen LogP) is 3.60. The average Bonchev–Trinajstić information content (AvgIpc) is 2.46. The maximum atomic E-state index is 12.6. The number of sulfonamides is 1. The molecule has 0 heterocycles. The fourth-order valence-corrected chi connectivity index (χ4v) is 3.43. The van der Waals surface area contributed by atoms with E-state index in [-0.39, 0.29) is 18.0 Å². The Kier molecular flexibility index (Phi) is 7.14. The van der Waals surface area contributed by atoms with E-state index < -0.39 is 10.0 Å². The minimum atomic E-state index is -3.60. The molecule has 1 aromatic rings. The summed E-state index contributed by atoms with van der Waals surface area (Å²) in [5, 5.41) is 0. The van der Waals surface area contributed by atoms with Crippen molar-refractivity contribution >= 4 is 26.0 Å². The first-order valence-corrected chi connectivity index (χ1v) is 8.85. The normalized spacial score (nSPS) is 11.4. The van der Waals surface area contributed by atoms with Crippen molar-refractivity contribution in [1.29, 1.82) is 0 Å². The Labute approximate surface area is 135 Å². The van der Waals surface area contributed by atoms with Crippen molar-refractivity contribution in [1.82, 2.24) is 4.31 Å². The summed E-state index contributed by atoms with van der Waals surface area (Å²) in [5.41, 5.74) is 0. The van der Waals surface area contributed by atoms with Gasteiger partial charge in [0.25, 0.3) is 0 Å². The van der Waals surface area contributed by atoms with Crippen molar-refractivity contribution in [3.8, 4) is 5.75 Å². The largest absolute Gasteiger partial charge is 0.492 e. The Bertz CT molecular complexity index is 589. The Balaban J connectivity index is 3.17. The highest BCUT2D eigenvalue weighted by Gasteiger charge is 2.23. The SMILES string of the molecule is C=CCN(CC=C)S(=O)(=O)c1ccc(Br)c(OCCC)c1. The third-order valence-corrected chi connectivity index (χ3v) is 5.15. The van der Waals surface area contributed by atoms with E-state index in [4.69, 9.17) is 4.74 Å². The molecule has 0 spiro atoms. The minimum absolute atomic E-state index is 0.195. The van der Waals surface area contributed by atoms with Crippen LogP contribution in [0.15, 0.2) is 52.9 Å². The van der Waals surface area contributed by atoms with E-state index in [1.165, 1.54) is 10.4 Å². The molecule has 4 nitrogen and oxygen atoms in total. The first-order chi connectivity index (χ1) is 9.97. The summed E-state index contributed by atoms with van der Waals surface area (Å²) in [5.74, 6) is 0.523. The van der Waals surface area contributed by atoms with Crippen molar-refractivity contribution in [2.45, 2.75) is 18.2 Å². The van der Waals surface area contributed by atoms with E-state index in [9.17, 15) is 8.42 Å². The van der Waals surface area contributed by atoms with Gasteiger partial charge in [-0.25, -0.2) is 8.42 Å². The van der Waals surface area contributed by atoms with Crippen molar-refractivity contribution in [3.63, 3.8) is 0 Å².